The molecule has 0 saturated heterocycles. The van der Waals surface area contributed by atoms with E-state index in [1.807, 2.05) is 0 Å². The third kappa shape index (κ3) is 35.0. The van der Waals surface area contributed by atoms with Crippen molar-refractivity contribution in [2.24, 2.45) is 5.92 Å². The van der Waals surface area contributed by atoms with Crippen LogP contribution in [0.25, 0.3) is 0 Å². The number of rotatable bonds is 32. The smallest absolute Gasteiger partial charge is 0.434 e. The van der Waals surface area contributed by atoms with Crippen LogP contribution in [0.2, 0.25) is 0 Å². The second-order valence-electron chi connectivity index (χ2n) is 12.7. The first kappa shape index (κ1) is 39.0. The van der Waals surface area contributed by atoms with Crippen molar-refractivity contribution in [2.75, 3.05) is 13.2 Å². The molecule has 0 atom stereocenters. The first-order valence-corrected chi connectivity index (χ1v) is 18.1. The molecule has 0 bridgehead atoms. The average Bonchev–Trinajstić information content (AvgIpc) is 2.94. The number of ether oxygens (including phenoxy) is 2. The maximum atomic E-state index is 11.7. The Morgan fingerprint density at radius 1 is 0.475 bits per heavy atom. The van der Waals surface area contributed by atoms with Gasteiger partial charge in [-0.2, -0.15) is 0 Å². The zero-order chi connectivity index (χ0) is 29.2. The third-order valence-electron chi connectivity index (χ3n) is 8.02. The van der Waals surface area contributed by atoms with E-state index in [1.54, 1.807) is 0 Å². The Morgan fingerprint density at radius 3 is 1.18 bits per heavy atom. The molecular weight excluding hydrogens is 492 g/mol. The fourth-order valence-corrected chi connectivity index (χ4v) is 5.30. The number of unbranched alkanes of at least 4 members (excludes halogenated alkanes) is 24. The fraction of sp³-hybridized carbons (Fsp3) is 0.919. The molecule has 0 heterocycles. The van der Waals surface area contributed by atoms with Crippen LogP contribution in [-0.4, -0.2) is 19.4 Å². The third-order valence-corrected chi connectivity index (χ3v) is 8.02. The lowest BCUT2D eigenvalue weighted by Crippen LogP contribution is -2.09. The lowest BCUT2D eigenvalue weighted by Gasteiger charge is -2.07. The molecule has 0 amide bonds. The van der Waals surface area contributed by atoms with Crippen LogP contribution < -0.4 is 0 Å². The van der Waals surface area contributed by atoms with Crippen molar-refractivity contribution >= 4 is 6.16 Å². The van der Waals surface area contributed by atoms with Gasteiger partial charge in [-0.25, -0.2) is 4.79 Å². The Bertz CT molecular complexity index is 514. The van der Waals surface area contributed by atoms with E-state index in [0.29, 0.717) is 13.2 Å². The van der Waals surface area contributed by atoms with E-state index in [1.165, 1.54) is 154 Å². The molecule has 0 aliphatic rings. The zero-order valence-electron chi connectivity index (χ0n) is 27.7. The molecule has 0 fully saturated rings. The highest BCUT2D eigenvalue weighted by Crippen LogP contribution is 2.15. The molecule has 0 radical (unpaired) electrons. The predicted octanol–water partition coefficient (Wildman–Crippen LogP) is 13.3. The summed E-state index contributed by atoms with van der Waals surface area (Å²) in [6.07, 6.45) is 41.0. The van der Waals surface area contributed by atoms with Gasteiger partial charge in [0, 0.05) is 0 Å². The van der Waals surface area contributed by atoms with Crippen molar-refractivity contribution < 1.29 is 14.3 Å². The second kappa shape index (κ2) is 34.2. The van der Waals surface area contributed by atoms with Crippen molar-refractivity contribution in [3.63, 3.8) is 0 Å². The molecule has 0 unspecified atom stereocenters. The molecule has 0 saturated carbocycles. The number of carbonyl (C=O) groups excluding carboxylic acids is 1. The Kier molecular flexibility index (Phi) is 33.4. The molecule has 0 spiro atoms. The summed E-state index contributed by atoms with van der Waals surface area (Å²) in [5, 5.41) is 0. The van der Waals surface area contributed by atoms with Crippen LogP contribution in [0.1, 0.15) is 201 Å². The molecule has 40 heavy (non-hydrogen) atoms. The SMILES string of the molecule is CCCCCCCC/C=C\CCCCCCCCOC(=O)OCCCCCCCCCCCCCCCC(C)C. The second-order valence-corrected chi connectivity index (χ2v) is 12.7. The summed E-state index contributed by atoms with van der Waals surface area (Å²) < 4.78 is 10.4. The van der Waals surface area contributed by atoms with Crippen LogP contribution in [-0.2, 0) is 9.47 Å². The first-order valence-electron chi connectivity index (χ1n) is 18.1. The van der Waals surface area contributed by atoms with Gasteiger partial charge < -0.3 is 9.47 Å². The highest BCUT2D eigenvalue weighted by Gasteiger charge is 2.03. The van der Waals surface area contributed by atoms with Gasteiger partial charge in [-0.05, 0) is 44.4 Å². The summed E-state index contributed by atoms with van der Waals surface area (Å²) in [6, 6.07) is 0. The largest absolute Gasteiger partial charge is 0.508 e. The van der Waals surface area contributed by atoms with Gasteiger partial charge in [0.05, 0.1) is 13.2 Å². The van der Waals surface area contributed by atoms with Crippen LogP contribution in [0.4, 0.5) is 4.79 Å². The number of hydrogen-bond acceptors (Lipinski definition) is 3. The number of allylic oxidation sites excluding steroid dienone is 2. The summed E-state index contributed by atoms with van der Waals surface area (Å²) in [4.78, 5) is 11.7. The molecule has 0 aliphatic carbocycles. The van der Waals surface area contributed by atoms with Crippen LogP contribution in [0, 0.1) is 5.92 Å². The lowest BCUT2D eigenvalue weighted by atomic mass is 10.0. The summed E-state index contributed by atoms with van der Waals surface area (Å²) in [5.41, 5.74) is 0. The van der Waals surface area contributed by atoms with Gasteiger partial charge in [0.1, 0.15) is 0 Å². The van der Waals surface area contributed by atoms with Gasteiger partial charge in [-0.3, -0.25) is 0 Å². The average molecular weight is 565 g/mol. The lowest BCUT2D eigenvalue weighted by molar-refractivity contribution is 0.0529. The van der Waals surface area contributed by atoms with Gasteiger partial charge in [-0.1, -0.05) is 174 Å². The molecule has 0 rings (SSSR count). The standard InChI is InChI=1S/C37H72O3/c1-4-5-6-7-8-9-10-11-12-13-16-19-22-25-28-31-34-39-37(38)40-35-32-29-26-23-20-17-14-15-18-21-24-27-30-33-36(2)3/h11-12,36H,4-10,13-35H2,1-3H3/b12-11-. The van der Waals surface area contributed by atoms with Gasteiger partial charge in [0.2, 0.25) is 0 Å². The van der Waals surface area contributed by atoms with Gasteiger partial charge in [0.25, 0.3) is 0 Å². The van der Waals surface area contributed by atoms with Crippen molar-refractivity contribution in [2.45, 2.75) is 201 Å². The molecule has 0 aromatic carbocycles. The molecule has 0 aromatic heterocycles. The zero-order valence-corrected chi connectivity index (χ0v) is 27.7. The minimum atomic E-state index is -0.479. The quantitative estimate of drug-likeness (QED) is 0.0463. The van der Waals surface area contributed by atoms with E-state index >= 15 is 0 Å². The van der Waals surface area contributed by atoms with E-state index in [4.69, 9.17) is 9.47 Å². The fourth-order valence-electron chi connectivity index (χ4n) is 5.30. The first-order chi connectivity index (χ1) is 19.7. The molecule has 238 valence electrons. The molecular formula is C37H72O3. The van der Waals surface area contributed by atoms with E-state index in [-0.39, 0.29) is 0 Å². The maximum absolute atomic E-state index is 11.7. The highest BCUT2D eigenvalue weighted by atomic mass is 16.7. The molecule has 0 aliphatic heterocycles. The predicted molar refractivity (Wildman–Crippen MR) is 176 cm³/mol. The normalized spacial score (nSPS) is 11.6. The van der Waals surface area contributed by atoms with Crippen molar-refractivity contribution in [1.82, 2.24) is 0 Å². The summed E-state index contributed by atoms with van der Waals surface area (Å²) in [6.45, 7) is 7.93. The van der Waals surface area contributed by atoms with E-state index in [0.717, 1.165) is 31.6 Å². The Labute approximate surface area is 252 Å². The Morgan fingerprint density at radius 2 is 0.800 bits per heavy atom. The van der Waals surface area contributed by atoms with E-state index in [2.05, 4.69) is 32.9 Å². The van der Waals surface area contributed by atoms with Crippen LogP contribution >= 0.6 is 0 Å². The maximum Gasteiger partial charge on any atom is 0.508 e. The molecule has 0 N–H and O–H groups in total. The topological polar surface area (TPSA) is 35.5 Å². The summed E-state index contributed by atoms with van der Waals surface area (Å²) >= 11 is 0. The Balaban J connectivity index is 3.19. The monoisotopic (exact) mass is 565 g/mol. The van der Waals surface area contributed by atoms with Gasteiger partial charge in [0.15, 0.2) is 0 Å². The minimum absolute atomic E-state index is 0.479. The van der Waals surface area contributed by atoms with E-state index < -0.39 is 6.16 Å². The molecule has 3 heteroatoms. The van der Waals surface area contributed by atoms with Crippen LogP contribution in [0.5, 0.6) is 0 Å². The van der Waals surface area contributed by atoms with Gasteiger partial charge >= 0.3 is 6.16 Å². The van der Waals surface area contributed by atoms with Crippen LogP contribution in [0.3, 0.4) is 0 Å². The number of hydrogen-bond donors (Lipinski definition) is 0. The molecule has 0 aromatic rings. The Hall–Kier alpha value is -0.990. The summed E-state index contributed by atoms with van der Waals surface area (Å²) in [7, 11) is 0. The van der Waals surface area contributed by atoms with Gasteiger partial charge in [-0.15, -0.1) is 0 Å². The molecule has 3 nitrogen and oxygen atoms in total. The summed E-state index contributed by atoms with van der Waals surface area (Å²) in [5.74, 6) is 0.867. The van der Waals surface area contributed by atoms with E-state index in [9.17, 15) is 4.79 Å². The van der Waals surface area contributed by atoms with Crippen molar-refractivity contribution in [1.29, 1.82) is 0 Å². The number of carbonyl (C=O) groups is 1. The highest BCUT2D eigenvalue weighted by molar-refractivity contribution is 5.59. The van der Waals surface area contributed by atoms with Crippen molar-refractivity contribution in [3.8, 4) is 0 Å². The minimum Gasteiger partial charge on any atom is -0.434 e. The van der Waals surface area contributed by atoms with Crippen molar-refractivity contribution in [3.05, 3.63) is 12.2 Å². The van der Waals surface area contributed by atoms with Crippen LogP contribution in [0.15, 0.2) is 12.2 Å².